The highest BCUT2D eigenvalue weighted by atomic mass is 32.2. The summed E-state index contributed by atoms with van der Waals surface area (Å²) < 4.78 is 6.00. The average Bonchev–Trinajstić information content (AvgIpc) is 2.88. The number of rotatable bonds is 5. The van der Waals surface area contributed by atoms with Gasteiger partial charge in [0.1, 0.15) is 4.32 Å². The monoisotopic (exact) mass is 380 g/mol. The second-order valence-corrected chi connectivity index (χ2v) is 8.12. The Labute approximate surface area is 156 Å². The van der Waals surface area contributed by atoms with Gasteiger partial charge >= 0.3 is 0 Å². The lowest BCUT2D eigenvalue weighted by atomic mass is 10.2. The Hall–Kier alpha value is -0.860. The third kappa shape index (κ3) is 4.40. The van der Waals surface area contributed by atoms with E-state index < -0.39 is 0 Å². The van der Waals surface area contributed by atoms with Gasteiger partial charge in [0.15, 0.2) is 0 Å². The molecule has 0 atom stereocenters. The van der Waals surface area contributed by atoms with E-state index in [9.17, 15) is 4.79 Å². The van der Waals surface area contributed by atoms with Gasteiger partial charge in [-0.1, -0.05) is 36.1 Å². The number of thiocarbonyl (C=S) groups is 1. The van der Waals surface area contributed by atoms with Gasteiger partial charge in [0.25, 0.3) is 5.91 Å². The van der Waals surface area contributed by atoms with Crippen LogP contribution >= 0.6 is 35.7 Å². The molecule has 24 heavy (non-hydrogen) atoms. The van der Waals surface area contributed by atoms with E-state index >= 15 is 0 Å². The van der Waals surface area contributed by atoms with E-state index in [0.29, 0.717) is 15.8 Å². The predicted octanol–water partition coefficient (Wildman–Crippen LogP) is 2.94. The summed E-state index contributed by atoms with van der Waals surface area (Å²) in [7, 11) is 0. The molecule has 2 heterocycles. The zero-order valence-electron chi connectivity index (χ0n) is 13.6. The first kappa shape index (κ1) is 17.9. The van der Waals surface area contributed by atoms with Crippen LogP contribution in [0.15, 0.2) is 34.1 Å². The first-order valence-electron chi connectivity index (χ1n) is 7.87. The fourth-order valence-corrected chi connectivity index (χ4v) is 4.33. The van der Waals surface area contributed by atoms with Gasteiger partial charge in [0.05, 0.1) is 18.1 Å². The molecule has 1 aromatic carbocycles. The molecule has 0 N–H and O–H groups in total. The summed E-state index contributed by atoms with van der Waals surface area (Å²) in [5, 5.41) is 0. The molecular formula is C17H20N2O2S3. The number of carbonyl (C=O) groups is 1. The summed E-state index contributed by atoms with van der Waals surface area (Å²) in [5.74, 6) is 0.0206. The minimum absolute atomic E-state index is 0.0206. The Morgan fingerprint density at radius 3 is 2.62 bits per heavy atom. The molecule has 1 amide bonds. The smallest absolute Gasteiger partial charge is 0.266 e. The molecule has 0 unspecified atom stereocenters. The topological polar surface area (TPSA) is 32.8 Å². The first-order chi connectivity index (χ1) is 11.7. The highest BCUT2D eigenvalue weighted by Crippen LogP contribution is 2.32. The van der Waals surface area contributed by atoms with Crippen LogP contribution in [0.3, 0.4) is 0 Å². The van der Waals surface area contributed by atoms with Crippen LogP contribution in [0, 0.1) is 0 Å². The minimum Gasteiger partial charge on any atom is -0.379 e. The Kier molecular flexibility index (Phi) is 6.35. The molecule has 2 fully saturated rings. The number of hydrogen-bond acceptors (Lipinski definition) is 6. The zero-order chi connectivity index (χ0) is 16.9. The van der Waals surface area contributed by atoms with Crippen LogP contribution in [0.1, 0.15) is 5.56 Å². The minimum atomic E-state index is 0.0206. The number of nitrogens with zero attached hydrogens (tertiary/aromatic N) is 2. The van der Waals surface area contributed by atoms with E-state index in [1.165, 1.54) is 16.7 Å². The summed E-state index contributed by atoms with van der Waals surface area (Å²) >= 11 is 8.50. The third-order valence-corrected chi connectivity index (χ3v) is 6.15. The highest BCUT2D eigenvalue weighted by Gasteiger charge is 2.32. The van der Waals surface area contributed by atoms with Gasteiger partial charge < -0.3 is 4.74 Å². The second kappa shape index (κ2) is 8.49. The Balaban J connectivity index is 1.63. The summed E-state index contributed by atoms with van der Waals surface area (Å²) in [6.07, 6.45) is 3.98. The molecule has 0 aliphatic carbocycles. The molecule has 128 valence electrons. The van der Waals surface area contributed by atoms with Crippen molar-refractivity contribution >= 4 is 52.0 Å². The van der Waals surface area contributed by atoms with Crippen LogP contribution in [-0.4, -0.2) is 65.7 Å². The van der Waals surface area contributed by atoms with Crippen molar-refractivity contribution in [3.63, 3.8) is 0 Å². The fraction of sp³-hybridized carbons (Fsp3) is 0.412. The fourth-order valence-electron chi connectivity index (χ4n) is 2.61. The largest absolute Gasteiger partial charge is 0.379 e. The lowest BCUT2D eigenvalue weighted by Crippen LogP contribution is -2.42. The molecule has 2 aliphatic heterocycles. The van der Waals surface area contributed by atoms with Crippen molar-refractivity contribution in [2.45, 2.75) is 4.90 Å². The lowest BCUT2D eigenvalue weighted by molar-refractivity contribution is -0.122. The molecule has 7 heteroatoms. The number of benzene rings is 1. The SMILES string of the molecule is CSc1ccc(/C=C2\SC(=S)N(CCN3CCOCC3)C2=O)cc1. The van der Waals surface area contributed by atoms with Gasteiger partial charge in [-0.15, -0.1) is 11.8 Å². The van der Waals surface area contributed by atoms with Crippen molar-refractivity contribution in [1.29, 1.82) is 0 Å². The van der Waals surface area contributed by atoms with Crippen molar-refractivity contribution in [2.24, 2.45) is 0 Å². The molecular weight excluding hydrogens is 360 g/mol. The van der Waals surface area contributed by atoms with Gasteiger partial charge in [-0.25, -0.2) is 0 Å². The van der Waals surface area contributed by atoms with E-state index in [2.05, 4.69) is 23.3 Å². The molecule has 2 aliphatic rings. The van der Waals surface area contributed by atoms with E-state index in [1.54, 1.807) is 16.7 Å². The Bertz CT molecular complexity index is 640. The normalized spacial score (nSPS) is 21.0. The van der Waals surface area contributed by atoms with Crippen molar-refractivity contribution in [3.05, 3.63) is 34.7 Å². The summed E-state index contributed by atoms with van der Waals surface area (Å²) in [6.45, 7) is 4.87. The first-order valence-corrected chi connectivity index (χ1v) is 10.3. The van der Waals surface area contributed by atoms with E-state index in [1.807, 2.05) is 18.2 Å². The maximum Gasteiger partial charge on any atom is 0.266 e. The van der Waals surface area contributed by atoms with E-state index in [-0.39, 0.29) is 5.91 Å². The van der Waals surface area contributed by atoms with Gasteiger partial charge in [0, 0.05) is 31.1 Å². The molecule has 2 saturated heterocycles. The molecule has 0 saturated carbocycles. The van der Waals surface area contributed by atoms with Crippen molar-refractivity contribution in [2.75, 3.05) is 45.6 Å². The number of amides is 1. The van der Waals surface area contributed by atoms with Crippen LogP contribution in [0.4, 0.5) is 0 Å². The average molecular weight is 381 g/mol. The molecule has 4 nitrogen and oxygen atoms in total. The Morgan fingerprint density at radius 2 is 1.96 bits per heavy atom. The highest BCUT2D eigenvalue weighted by molar-refractivity contribution is 8.26. The maximum absolute atomic E-state index is 12.6. The molecule has 0 aromatic heterocycles. The van der Waals surface area contributed by atoms with Crippen LogP contribution < -0.4 is 0 Å². The number of hydrogen-bond donors (Lipinski definition) is 0. The molecule has 3 rings (SSSR count). The summed E-state index contributed by atoms with van der Waals surface area (Å²) in [6, 6.07) is 8.20. The zero-order valence-corrected chi connectivity index (χ0v) is 16.0. The number of morpholine rings is 1. The summed E-state index contributed by atoms with van der Waals surface area (Å²) in [4.78, 5) is 18.6. The van der Waals surface area contributed by atoms with Crippen molar-refractivity contribution in [3.8, 4) is 0 Å². The van der Waals surface area contributed by atoms with Gasteiger partial charge in [-0.2, -0.15) is 0 Å². The van der Waals surface area contributed by atoms with Crippen molar-refractivity contribution < 1.29 is 9.53 Å². The number of carbonyl (C=O) groups excluding carboxylic acids is 1. The van der Waals surface area contributed by atoms with Crippen LogP contribution in [-0.2, 0) is 9.53 Å². The number of ether oxygens (including phenoxy) is 1. The van der Waals surface area contributed by atoms with E-state index in [4.69, 9.17) is 17.0 Å². The predicted molar refractivity (Wildman–Crippen MR) is 105 cm³/mol. The van der Waals surface area contributed by atoms with Crippen molar-refractivity contribution in [1.82, 2.24) is 9.80 Å². The van der Waals surface area contributed by atoms with Gasteiger partial charge in [-0.05, 0) is 30.0 Å². The van der Waals surface area contributed by atoms with Gasteiger partial charge in [-0.3, -0.25) is 14.6 Å². The second-order valence-electron chi connectivity index (χ2n) is 5.56. The molecule has 0 radical (unpaired) electrons. The lowest BCUT2D eigenvalue weighted by Gasteiger charge is -2.28. The molecule has 0 spiro atoms. The van der Waals surface area contributed by atoms with Gasteiger partial charge in [0.2, 0.25) is 0 Å². The standard InChI is InChI=1S/C17H20N2O2S3/c1-23-14-4-2-13(3-5-14)12-15-16(20)19(17(22)24-15)7-6-18-8-10-21-11-9-18/h2-5,12H,6-11H2,1H3/b15-12-. The quantitative estimate of drug-likeness (QED) is 0.444. The van der Waals surface area contributed by atoms with Crippen LogP contribution in [0.5, 0.6) is 0 Å². The summed E-state index contributed by atoms with van der Waals surface area (Å²) in [5.41, 5.74) is 1.03. The Morgan fingerprint density at radius 1 is 1.25 bits per heavy atom. The molecule has 1 aromatic rings. The maximum atomic E-state index is 12.6. The van der Waals surface area contributed by atoms with Crippen LogP contribution in [0.25, 0.3) is 6.08 Å². The third-order valence-electron chi connectivity index (χ3n) is 4.03. The molecule has 0 bridgehead atoms. The number of thioether (sulfide) groups is 2. The van der Waals surface area contributed by atoms with Crippen LogP contribution in [0.2, 0.25) is 0 Å². The van der Waals surface area contributed by atoms with E-state index in [0.717, 1.165) is 38.4 Å².